The molecule has 2 heterocycles. The van der Waals surface area contributed by atoms with Gasteiger partial charge in [0, 0.05) is 31.8 Å². The number of rotatable bonds is 4. The van der Waals surface area contributed by atoms with Gasteiger partial charge in [-0.25, -0.2) is 0 Å². The van der Waals surface area contributed by atoms with Crippen LogP contribution in [0.4, 0.5) is 0 Å². The summed E-state index contributed by atoms with van der Waals surface area (Å²) in [6.45, 7) is 6.59. The van der Waals surface area contributed by atoms with Crippen molar-refractivity contribution in [2.45, 2.75) is 51.1 Å². The van der Waals surface area contributed by atoms with Crippen molar-refractivity contribution in [3.8, 4) is 0 Å². The summed E-state index contributed by atoms with van der Waals surface area (Å²) in [4.78, 5) is 0. The number of ether oxygens (including phenoxy) is 1. The molecular weight excluding hydrogens is 200 g/mol. The van der Waals surface area contributed by atoms with E-state index < -0.39 is 0 Å². The van der Waals surface area contributed by atoms with Gasteiger partial charge in [0.05, 0.1) is 0 Å². The summed E-state index contributed by atoms with van der Waals surface area (Å²) in [5.74, 6) is 0.817. The molecule has 0 spiro atoms. The molecule has 2 fully saturated rings. The van der Waals surface area contributed by atoms with E-state index in [2.05, 4.69) is 17.6 Å². The summed E-state index contributed by atoms with van der Waals surface area (Å²) in [5.41, 5.74) is 0. The number of nitrogens with one attached hydrogen (secondary N) is 2. The third-order valence-corrected chi connectivity index (χ3v) is 4.07. The lowest BCUT2D eigenvalue weighted by Crippen LogP contribution is -2.46. The maximum Gasteiger partial charge on any atom is 0.0469 e. The van der Waals surface area contributed by atoms with E-state index in [1.54, 1.807) is 0 Å². The second-order valence-electron chi connectivity index (χ2n) is 5.29. The van der Waals surface area contributed by atoms with Crippen LogP contribution < -0.4 is 10.6 Å². The van der Waals surface area contributed by atoms with Crippen LogP contribution in [0.15, 0.2) is 0 Å². The van der Waals surface area contributed by atoms with Crippen molar-refractivity contribution in [3.63, 3.8) is 0 Å². The Kier molecular flexibility index (Phi) is 5.07. The standard InChI is InChI=1S/C13H26N2O/c1-11(12-5-8-16-9-6-12)15-10-13-4-2-3-7-14-13/h11-15H,2-10H2,1H3. The van der Waals surface area contributed by atoms with Crippen molar-refractivity contribution in [1.29, 1.82) is 0 Å². The Labute approximate surface area is 99.3 Å². The maximum atomic E-state index is 5.40. The monoisotopic (exact) mass is 226 g/mol. The molecule has 2 rings (SSSR count). The van der Waals surface area contributed by atoms with E-state index in [4.69, 9.17) is 4.74 Å². The fourth-order valence-electron chi connectivity index (χ4n) is 2.81. The number of hydrogen-bond acceptors (Lipinski definition) is 3. The largest absolute Gasteiger partial charge is 0.381 e. The van der Waals surface area contributed by atoms with E-state index in [0.717, 1.165) is 25.7 Å². The Balaban J connectivity index is 1.63. The Morgan fingerprint density at radius 1 is 1.25 bits per heavy atom. The zero-order chi connectivity index (χ0) is 11.2. The Bertz CT molecular complexity index is 186. The third-order valence-electron chi connectivity index (χ3n) is 4.07. The Hall–Kier alpha value is -0.120. The third kappa shape index (κ3) is 3.72. The van der Waals surface area contributed by atoms with Crippen LogP contribution in [0.5, 0.6) is 0 Å². The van der Waals surface area contributed by atoms with Crippen molar-refractivity contribution in [1.82, 2.24) is 10.6 Å². The molecule has 2 N–H and O–H groups in total. The van der Waals surface area contributed by atoms with Crippen LogP contribution in [0.1, 0.15) is 39.0 Å². The zero-order valence-electron chi connectivity index (χ0n) is 10.5. The summed E-state index contributed by atoms with van der Waals surface area (Å²) in [7, 11) is 0. The molecule has 16 heavy (non-hydrogen) atoms. The van der Waals surface area contributed by atoms with Crippen LogP contribution in [0.3, 0.4) is 0 Å². The lowest BCUT2D eigenvalue weighted by atomic mass is 9.92. The fraction of sp³-hybridized carbons (Fsp3) is 1.00. The van der Waals surface area contributed by atoms with Gasteiger partial charge in [0.1, 0.15) is 0 Å². The molecule has 3 nitrogen and oxygen atoms in total. The highest BCUT2D eigenvalue weighted by Gasteiger charge is 2.21. The molecule has 94 valence electrons. The van der Waals surface area contributed by atoms with Gasteiger partial charge in [-0.1, -0.05) is 6.42 Å². The predicted octanol–water partition coefficient (Wildman–Crippen LogP) is 1.53. The molecule has 0 aliphatic carbocycles. The molecule has 0 aromatic heterocycles. The minimum absolute atomic E-state index is 0.646. The first-order valence-electron chi connectivity index (χ1n) is 6.91. The van der Waals surface area contributed by atoms with E-state index in [1.807, 2.05) is 0 Å². The lowest BCUT2D eigenvalue weighted by Gasteiger charge is -2.31. The van der Waals surface area contributed by atoms with Crippen LogP contribution in [-0.2, 0) is 4.74 Å². The average Bonchev–Trinajstić information content (AvgIpc) is 2.38. The quantitative estimate of drug-likeness (QED) is 0.763. The molecule has 3 heteroatoms. The summed E-state index contributed by atoms with van der Waals surface area (Å²) < 4.78 is 5.40. The van der Waals surface area contributed by atoms with Gasteiger partial charge in [-0.05, 0) is 45.1 Å². The Morgan fingerprint density at radius 2 is 2.06 bits per heavy atom. The normalized spacial score (nSPS) is 30.2. The van der Waals surface area contributed by atoms with Crippen molar-refractivity contribution < 1.29 is 4.74 Å². The van der Waals surface area contributed by atoms with Crippen LogP contribution in [-0.4, -0.2) is 38.4 Å². The number of piperidine rings is 1. The smallest absolute Gasteiger partial charge is 0.0469 e. The van der Waals surface area contributed by atoms with Gasteiger partial charge in [0.25, 0.3) is 0 Å². The fourth-order valence-corrected chi connectivity index (χ4v) is 2.81. The molecule has 2 saturated heterocycles. The molecule has 0 aromatic carbocycles. The highest BCUT2D eigenvalue weighted by molar-refractivity contribution is 4.79. The minimum atomic E-state index is 0.646. The molecule has 0 saturated carbocycles. The van der Waals surface area contributed by atoms with Crippen molar-refractivity contribution in [2.75, 3.05) is 26.3 Å². The van der Waals surface area contributed by atoms with Crippen LogP contribution in [0.25, 0.3) is 0 Å². The second-order valence-corrected chi connectivity index (χ2v) is 5.29. The van der Waals surface area contributed by atoms with Crippen LogP contribution in [0, 0.1) is 5.92 Å². The first kappa shape index (κ1) is 12.3. The van der Waals surface area contributed by atoms with Crippen molar-refractivity contribution >= 4 is 0 Å². The van der Waals surface area contributed by atoms with Crippen molar-refractivity contribution in [2.24, 2.45) is 5.92 Å². The van der Waals surface area contributed by atoms with Gasteiger partial charge in [0.2, 0.25) is 0 Å². The van der Waals surface area contributed by atoms with Crippen LogP contribution in [0.2, 0.25) is 0 Å². The number of hydrogen-bond donors (Lipinski definition) is 2. The average molecular weight is 226 g/mol. The summed E-state index contributed by atoms with van der Waals surface area (Å²) >= 11 is 0. The van der Waals surface area contributed by atoms with Crippen LogP contribution >= 0.6 is 0 Å². The second kappa shape index (κ2) is 6.58. The van der Waals surface area contributed by atoms with Gasteiger partial charge in [0.15, 0.2) is 0 Å². The molecule has 0 amide bonds. The molecule has 0 bridgehead atoms. The van der Waals surface area contributed by atoms with E-state index in [-0.39, 0.29) is 0 Å². The zero-order valence-corrected chi connectivity index (χ0v) is 10.5. The van der Waals surface area contributed by atoms with E-state index in [9.17, 15) is 0 Å². The SMILES string of the molecule is CC(NCC1CCCCN1)C1CCOCC1. The van der Waals surface area contributed by atoms with Gasteiger partial charge in [-0.3, -0.25) is 0 Å². The molecule has 0 aromatic rings. The molecule has 2 aliphatic heterocycles. The van der Waals surface area contributed by atoms with Gasteiger partial charge in [-0.2, -0.15) is 0 Å². The Morgan fingerprint density at radius 3 is 2.75 bits per heavy atom. The van der Waals surface area contributed by atoms with E-state index in [0.29, 0.717) is 12.1 Å². The van der Waals surface area contributed by atoms with Gasteiger partial charge in [-0.15, -0.1) is 0 Å². The first-order chi connectivity index (χ1) is 7.86. The highest BCUT2D eigenvalue weighted by Crippen LogP contribution is 2.18. The summed E-state index contributed by atoms with van der Waals surface area (Å²) in [6, 6.07) is 1.35. The highest BCUT2D eigenvalue weighted by atomic mass is 16.5. The molecular formula is C13H26N2O. The molecule has 2 aliphatic rings. The molecule has 2 unspecified atom stereocenters. The van der Waals surface area contributed by atoms with Gasteiger partial charge >= 0.3 is 0 Å². The first-order valence-corrected chi connectivity index (χ1v) is 6.91. The van der Waals surface area contributed by atoms with E-state index >= 15 is 0 Å². The molecule has 2 atom stereocenters. The lowest BCUT2D eigenvalue weighted by molar-refractivity contribution is 0.0556. The van der Waals surface area contributed by atoms with E-state index in [1.165, 1.54) is 38.6 Å². The predicted molar refractivity (Wildman–Crippen MR) is 66.6 cm³/mol. The van der Waals surface area contributed by atoms with Gasteiger partial charge < -0.3 is 15.4 Å². The maximum absolute atomic E-state index is 5.40. The topological polar surface area (TPSA) is 33.3 Å². The summed E-state index contributed by atoms with van der Waals surface area (Å²) in [6.07, 6.45) is 6.54. The minimum Gasteiger partial charge on any atom is -0.381 e. The van der Waals surface area contributed by atoms with Crippen molar-refractivity contribution in [3.05, 3.63) is 0 Å². The molecule has 0 radical (unpaired) electrons. The summed E-state index contributed by atoms with van der Waals surface area (Å²) in [5, 5.41) is 7.29.